The molecule has 2 amide bonds. The van der Waals surface area contributed by atoms with Gasteiger partial charge >= 0.3 is 6.09 Å². The average molecular weight is 340 g/mol. The van der Waals surface area contributed by atoms with Crippen molar-refractivity contribution in [2.24, 2.45) is 0 Å². The van der Waals surface area contributed by atoms with Gasteiger partial charge in [0.1, 0.15) is 0 Å². The second-order valence-electron chi connectivity index (χ2n) is 5.31. The predicted molar refractivity (Wildman–Crippen MR) is 84.1 cm³/mol. The first-order valence-electron chi connectivity index (χ1n) is 7.45. The summed E-state index contributed by atoms with van der Waals surface area (Å²) in [4.78, 5) is 24.2. The Balaban J connectivity index is 2.19. The van der Waals surface area contributed by atoms with Crippen molar-refractivity contribution < 1.29 is 22.7 Å². The molecule has 0 saturated carbocycles. The molecule has 1 atom stereocenters. The van der Waals surface area contributed by atoms with Crippen molar-refractivity contribution in [1.82, 2.24) is 9.62 Å². The van der Waals surface area contributed by atoms with Crippen molar-refractivity contribution in [3.8, 4) is 0 Å². The van der Waals surface area contributed by atoms with Crippen LogP contribution < -0.4 is 4.72 Å². The van der Waals surface area contributed by atoms with Crippen LogP contribution in [0.25, 0.3) is 0 Å². The Hall–Kier alpha value is -1.93. The molecular weight excluding hydrogens is 320 g/mol. The predicted octanol–water partition coefficient (Wildman–Crippen LogP) is 1.43. The zero-order chi connectivity index (χ0) is 16.9. The van der Waals surface area contributed by atoms with Gasteiger partial charge in [-0.25, -0.2) is 22.8 Å². The van der Waals surface area contributed by atoms with Crippen molar-refractivity contribution in [2.45, 2.75) is 25.8 Å². The lowest BCUT2D eigenvalue weighted by molar-refractivity contribution is -0.126. The number of amides is 2. The first-order chi connectivity index (χ1) is 10.9. The van der Waals surface area contributed by atoms with Crippen LogP contribution in [0.15, 0.2) is 30.3 Å². The highest BCUT2D eigenvalue weighted by molar-refractivity contribution is 7.89. The summed E-state index contributed by atoms with van der Waals surface area (Å²) in [7, 11) is -3.51. The molecule has 8 heteroatoms. The molecule has 1 aliphatic rings. The van der Waals surface area contributed by atoms with Crippen LogP contribution in [0.2, 0.25) is 0 Å². The lowest BCUT2D eigenvalue weighted by Gasteiger charge is -2.22. The van der Waals surface area contributed by atoms with E-state index in [1.54, 1.807) is 30.3 Å². The summed E-state index contributed by atoms with van der Waals surface area (Å²) < 4.78 is 31.6. The van der Waals surface area contributed by atoms with Gasteiger partial charge in [0.05, 0.1) is 18.3 Å². The standard InChI is InChI=1S/C15H20N2O5S/c1-2-3-9-23(20,21)16-13(12-7-5-4-6-8-12)10-17-14(18)11-22-15(17)19/h4-8,13,16H,2-3,9-11H2,1H3. The SMILES string of the molecule is CCCCS(=O)(=O)NC(CN1C(=O)COC1=O)c1ccccc1. The molecule has 23 heavy (non-hydrogen) atoms. The number of carbonyl (C=O) groups excluding carboxylic acids is 2. The number of unbranched alkanes of at least 4 members (excludes halogenated alkanes) is 1. The quantitative estimate of drug-likeness (QED) is 0.773. The maximum Gasteiger partial charge on any atom is 0.417 e. The maximum atomic E-state index is 12.2. The van der Waals surface area contributed by atoms with E-state index in [2.05, 4.69) is 9.46 Å². The molecule has 126 valence electrons. The van der Waals surface area contributed by atoms with E-state index >= 15 is 0 Å². The normalized spacial score (nSPS) is 16.5. The largest absolute Gasteiger partial charge is 0.439 e. The first kappa shape index (κ1) is 17.4. The third-order valence-electron chi connectivity index (χ3n) is 3.50. The third-order valence-corrected chi connectivity index (χ3v) is 4.97. The molecule has 1 aromatic rings. The van der Waals surface area contributed by atoms with Gasteiger partial charge in [0.25, 0.3) is 5.91 Å². The number of nitrogens with zero attached hydrogens (tertiary/aromatic N) is 1. The Kier molecular flexibility index (Phi) is 5.73. The summed E-state index contributed by atoms with van der Waals surface area (Å²) in [5.74, 6) is -0.464. The minimum Gasteiger partial charge on any atom is -0.439 e. The van der Waals surface area contributed by atoms with Gasteiger partial charge in [-0.15, -0.1) is 0 Å². The van der Waals surface area contributed by atoms with Crippen molar-refractivity contribution in [3.63, 3.8) is 0 Å². The van der Waals surface area contributed by atoms with E-state index < -0.39 is 28.1 Å². The number of cyclic esters (lactones) is 1. The van der Waals surface area contributed by atoms with E-state index in [0.29, 0.717) is 12.0 Å². The monoisotopic (exact) mass is 340 g/mol. The van der Waals surface area contributed by atoms with E-state index in [1.165, 1.54) is 0 Å². The Bertz CT molecular complexity index is 644. The van der Waals surface area contributed by atoms with Crippen molar-refractivity contribution in [1.29, 1.82) is 0 Å². The molecule has 0 spiro atoms. The number of carbonyl (C=O) groups is 2. The van der Waals surface area contributed by atoms with E-state index in [-0.39, 0.29) is 18.9 Å². The highest BCUT2D eigenvalue weighted by Crippen LogP contribution is 2.18. The number of nitrogens with one attached hydrogen (secondary N) is 1. The average Bonchev–Trinajstić information content (AvgIpc) is 2.85. The molecule has 1 aliphatic heterocycles. The Morgan fingerprint density at radius 1 is 1.26 bits per heavy atom. The second kappa shape index (κ2) is 7.56. The lowest BCUT2D eigenvalue weighted by Crippen LogP contribution is -2.41. The fourth-order valence-corrected chi connectivity index (χ4v) is 3.68. The zero-order valence-corrected chi connectivity index (χ0v) is 13.7. The third kappa shape index (κ3) is 4.77. The second-order valence-corrected chi connectivity index (χ2v) is 7.19. The first-order valence-corrected chi connectivity index (χ1v) is 9.10. The number of sulfonamides is 1. The van der Waals surface area contributed by atoms with Crippen molar-refractivity contribution in [3.05, 3.63) is 35.9 Å². The molecule has 0 aliphatic carbocycles. The molecular formula is C15H20N2O5S. The molecule has 2 rings (SSSR count). The summed E-state index contributed by atoms with van der Waals surface area (Å²) in [6.07, 6.45) is 0.554. The minimum absolute atomic E-state index is 0.00518. The fourth-order valence-electron chi connectivity index (χ4n) is 2.25. The van der Waals surface area contributed by atoms with Gasteiger partial charge in [-0.2, -0.15) is 0 Å². The van der Waals surface area contributed by atoms with Gasteiger partial charge in [0, 0.05) is 0 Å². The van der Waals surface area contributed by atoms with Gasteiger partial charge in [-0.05, 0) is 12.0 Å². The van der Waals surface area contributed by atoms with Gasteiger partial charge in [0.15, 0.2) is 6.61 Å². The number of imide groups is 1. The highest BCUT2D eigenvalue weighted by atomic mass is 32.2. The van der Waals surface area contributed by atoms with Crippen LogP contribution in [0, 0.1) is 0 Å². The lowest BCUT2D eigenvalue weighted by atomic mass is 10.1. The summed E-state index contributed by atoms with van der Waals surface area (Å²) in [6.45, 7) is 1.51. The molecule has 1 N–H and O–H groups in total. The van der Waals surface area contributed by atoms with Gasteiger partial charge in [-0.1, -0.05) is 43.7 Å². The van der Waals surface area contributed by atoms with E-state index in [0.717, 1.165) is 11.3 Å². The van der Waals surface area contributed by atoms with Crippen LogP contribution in [0.3, 0.4) is 0 Å². The van der Waals surface area contributed by atoms with Gasteiger partial charge < -0.3 is 4.74 Å². The number of ether oxygens (including phenoxy) is 1. The summed E-state index contributed by atoms with van der Waals surface area (Å²) in [6, 6.07) is 8.14. The Morgan fingerprint density at radius 3 is 2.52 bits per heavy atom. The molecule has 0 radical (unpaired) electrons. The summed E-state index contributed by atoms with van der Waals surface area (Å²) in [5, 5.41) is 0. The van der Waals surface area contributed by atoms with Gasteiger partial charge in [-0.3, -0.25) is 4.79 Å². The number of hydrogen-bond acceptors (Lipinski definition) is 5. The Morgan fingerprint density at radius 2 is 1.96 bits per heavy atom. The maximum absolute atomic E-state index is 12.2. The van der Waals surface area contributed by atoms with E-state index in [4.69, 9.17) is 0 Å². The minimum atomic E-state index is -3.51. The number of rotatable bonds is 8. The van der Waals surface area contributed by atoms with Crippen LogP contribution in [0.4, 0.5) is 4.79 Å². The molecule has 1 aromatic carbocycles. The fraction of sp³-hybridized carbons (Fsp3) is 0.467. The zero-order valence-electron chi connectivity index (χ0n) is 12.9. The molecule has 7 nitrogen and oxygen atoms in total. The number of benzene rings is 1. The molecule has 1 unspecified atom stereocenters. The van der Waals surface area contributed by atoms with Crippen LogP contribution in [0.1, 0.15) is 31.4 Å². The van der Waals surface area contributed by atoms with E-state index in [1.807, 2.05) is 6.92 Å². The molecule has 1 heterocycles. The molecule has 1 fully saturated rings. The van der Waals surface area contributed by atoms with Crippen LogP contribution in [-0.4, -0.2) is 44.2 Å². The van der Waals surface area contributed by atoms with Crippen molar-refractivity contribution >= 4 is 22.0 Å². The van der Waals surface area contributed by atoms with Gasteiger partial charge in [0.2, 0.25) is 10.0 Å². The molecule has 0 bridgehead atoms. The van der Waals surface area contributed by atoms with Crippen molar-refractivity contribution in [2.75, 3.05) is 18.9 Å². The van der Waals surface area contributed by atoms with Crippen LogP contribution in [0.5, 0.6) is 0 Å². The number of hydrogen-bond donors (Lipinski definition) is 1. The highest BCUT2D eigenvalue weighted by Gasteiger charge is 2.34. The summed E-state index contributed by atoms with van der Waals surface area (Å²) >= 11 is 0. The molecule has 0 aromatic heterocycles. The van der Waals surface area contributed by atoms with E-state index in [9.17, 15) is 18.0 Å². The van der Waals surface area contributed by atoms with Crippen LogP contribution in [-0.2, 0) is 19.6 Å². The molecule has 1 saturated heterocycles. The Labute approximate surface area is 135 Å². The topological polar surface area (TPSA) is 92.8 Å². The summed E-state index contributed by atoms with van der Waals surface area (Å²) in [5.41, 5.74) is 0.681. The van der Waals surface area contributed by atoms with Crippen LogP contribution >= 0.6 is 0 Å². The smallest absolute Gasteiger partial charge is 0.417 e.